The van der Waals surface area contributed by atoms with Gasteiger partial charge in [-0.25, -0.2) is 9.97 Å². The van der Waals surface area contributed by atoms with Gasteiger partial charge in [0, 0.05) is 31.3 Å². The number of rotatable bonds is 6. The van der Waals surface area contributed by atoms with E-state index in [0.717, 1.165) is 24.2 Å². The first-order valence-electron chi connectivity index (χ1n) is 9.95. The van der Waals surface area contributed by atoms with E-state index in [4.69, 9.17) is 9.15 Å². The van der Waals surface area contributed by atoms with Crippen LogP contribution in [0.5, 0.6) is 5.88 Å². The minimum Gasteiger partial charge on any atom is -0.474 e. The number of pyridine rings is 1. The van der Waals surface area contributed by atoms with E-state index in [0.29, 0.717) is 36.9 Å². The molecule has 0 aromatic carbocycles. The van der Waals surface area contributed by atoms with Crippen LogP contribution in [0.25, 0.3) is 0 Å². The molecule has 0 bridgehead atoms. The summed E-state index contributed by atoms with van der Waals surface area (Å²) in [6.45, 7) is 7.41. The Bertz CT molecular complexity index is 788. The molecule has 1 aliphatic rings. The largest absolute Gasteiger partial charge is 0.474 e. The summed E-state index contributed by atoms with van der Waals surface area (Å²) in [4.78, 5) is 12.9. The second-order valence-corrected chi connectivity index (χ2v) is 8.17. The van der Waals surface area contributed by atoms with E-state index < -0.39 is 0 Å². The number of nitrogens with one attached hydrogen (secondary N) is 2. The molecule has 0 spiro atoms. The second-order valence-electron chi connectivity index (χ2n) is 8.17. The van der Waals surface area contributed by atoms with E-state index in [2.05, 4.69) is 46.4 Å². The first-order chi connectivity index (χ1) is 13.4. The molecule has 7 heteroatoms. The fourth-order valence-electron chi connectivity index (χ4n) is 3.11. The Morgan fingerprint density at radius 3 is 2.64 bits per heavy atom. The average Bonchev–Trinajstić information content (AvgIpc) is 3.34. The van der Waals surface area contributed by atoms with Crippen LogP contribution >= 0.6 is 0 Å². The van der Waals surface area contributed by atoms with E-state index in [-0.39, 0.29) is 5.41 Å². The number of guanidine groups is 1. The van der Waals surface area contributed by atoms with Crippen LogP contribution in [0.4, 0.5) is 0 Å². The Labute approximate surface area is 167 Å². The normalized spacial score (nSPS) is 15.6. The molecule has 0 atom stereocenters. The van der Waals surface area contributed by atoms with Gasteiger partial charge in [0.1, 0.15) is 11.9 Å². The molecule has 0 saturated heterocycles. The maximum Gasteiger partial charge on any atom is 0.213 e. The molecule has 0 unspecified atom stereocenters. The number of hydrogen-bond donors (Lipinski definition) is 2. The van der Waals surface area contributed by atoms with Crippen molar-refractivity contribution < 1.29 is 9.15 Å². The molecule has 28 heavy (non-hydrogen) atoms. The summed E-state index contributed by atoms with van der Waals surface area (Å²) in [5, 5.41) is 6.53. The molecular formula is C21H31N5O2. The van der Waals surface area contributed by atoms with Crippen LogP contribution in [0, 0.1) is 0 Å². The number of nitrogens with zero attached hydrogens (tertiary/aromatic N) is 3. The molecule has 1 saturated carbocycles. The van der Waals surface area contributed by atoms with Crippen molar-refractivity contribution in [3.8, 4) is 5.88 Å². The van der Waals surface area contributed by atoms with Gasteiger partial charge in [-0.2, -0.15) is 0 Å². The van der Waals surface area contributed by atoms with E-state index in [1.807, 2.05) is 12.1 Å². The van der Waals surface area contributed by atoms with Crippen LogP contribution in [0.1, 0.15) is 63.7 Å². The van der Waals surface area contributed by atoms with Crippen molar-refractivity contribution >= 4 is 5.96 Å². The van der Waals surface area contributed by atoms with Crippen LogP contribution in [0.15, 0.2) is 33.9 Å². The number of ether oxygens (including phenoxy) is 1. The highest BCUT2D eigenvalue weighted by Gasteiger charge is 2.19. The summed E-state index contributed by atoms with van der Waals surface area (Å²) in [5.41, 5.74) is 1.04. The van der Waals surface area contributed by atoms with Crippen LogP contribution in [0.2, 0.25) is 0 Å². The van der Waals surface area contributed by atoms with Crippen LogP contribution < -0.4 is 15.4 Å². The number of hydrogen-bond acceptors (Lipinski definition) is 5. The van der Waals surface area contributed by atoms with Gasteiger partial charge >= 0.3 is 0 Å². The van der Waals surface area contributed by atoms with Gasteiger partial charge in [0.25, 0.3) is 0 Å². The summed E-state index contributed by atoms with van der Waals surface area (Å²) in [7, 11) is 1.74. The zero-order valence-electron chi connectivity index (χ0n) is 17.3. The summed E-state index contributed by atoms with van der Waals surface area (Å²) >= 11 is 0. The SMILES string of the molecule is CN=C(NCc1ccnc(OC2CCCC2)c1)NCc1ncc(C(C)(C)C)o1. The molecule has 3 rings (SSSR count). The summed E-state index contributed by atoms with van der Waals surface area (Å²) < 4.78 is 11.8. The Morgan fingerprint density at radius 1 is 1.21 bits per heavy atom. The van der Waals surface area contributed by atoms with Crippen molar-refractivity contribution in [1.29, 1.82) is 0 Å². The maximum absolute atomic E-state index is 5.98. The molecule has 2 heterocycles. The number of aliphatic imine (C=N–C) groups is 1. The summed E-state index contributed by atoms with van der Waals surface area (Å²) in [6, 6.07) is 3.97. The molecule has 0 radical (unpaired) electrons. The Hall–Kier alpha value is -2.57. The predicted octanol–water partition coefficient (Wildman–Crippen LogP) is 3.55. The molecular weight excluding hydrogens is 354 g/mol. The van der Waals surface area contributed by atoms with Gasteiger partial charge in [0.05, 0.1) is 12.7 Å². The molecule has 2 aromatic heterocycles. The second kappa shape index (κ2) is 9.08. The van der Waals surface area contributed by atoms with E-state index in [1.54, 1.807) is 19.4 Å². The van der Waals surface area contributed by atoms with Gasteiger partial charge in [-0.1, -0.05) is 20.8 Å². The van der Waals surface area contributed by atoms with Crippen molar-refractivity contribution in [2.75, 3.05) is 7.05 Å². The Kier molecular flexibility index (Phi) is 6.54. The van der Waals surface area contributed by atoms with Crippen LogP contribution in [0.3, 0.4) is 0 Å². The molecule has 2 aromatic rings. The summed E-state index contributed by atoms with van der Waals surface area (Å²) in [5.74, 6) is 2.90. The molecule has 2 N–H and O–H groups in total. The van der Waals surface area contributed by atoms with Crippen LogP contribution in [-0.2, 0) is 18.5 Å². The minimum atomic E-state index is -0.0508. The zero-order valence-corrected chi connectivity index (χ0v) is 17.3. The Balaban J connectivity index is 1.49. The van der Waals surface area contributed by atoms with Gasteiger partial charge in [-0.05, 0) is 37.3 Å². The van der Waals surface area contributed by atoms with Gasteiger partial charge in [-0.15, -0.1) is 0 Å². The van der Waals surface area contributed by atoms with Crippen LogP contribution in [-0.4, -0.2) is 29.1 Å². The Morgan fingerprint density at radius 2 is 1.96 bits per heavy atom. The van der Waals surface area contributed by atoms with Gasteiger partial charge in [0.2, 0.25) is 11.8 Å². The smallest absolute Gasteiger partial charge is 0.213 e. The van der Waals surface area contributed by atoms with Gasteiger partial charge in [-0.3, -0.25) is 4.99 Å². The number of aromatic nitrogens is 2. The van der Waals surface area contributed by atoms with Crippen molar-refractivity contribution in [2.45, 2.75) is 71.1 Å². The highest BCUT2D eigenvalue weighted by Crippen LogP contribution is 2.23. The van der Waals surface area contributed by atoms with Crippen molar-refractivity contribution in [3.05, 3.63) is 41.7 Å². The predicted molar refractivity (Wildman–Crippen MR) is 109 cm³/mol. The quantitative estimate of drug-likeness (QED) is 0.584. The highest BCUT2D eigenvalue weighted by molar-refractivity contribution is 5.79. The van der Waals surface area contributed by atoms with Crippen molar-refractivity contribution in [1.82, 2.24) is 20.6 Å². The lowest BCUT2D eigenvalue weighted by atomic mass is 9.94. The minimum absolute atomic E-state index is 0.0508. The lowest BCUT2D eigenvalue weighted by Gasteiger charge is -2.14. The molecule has 0 amide bonds. The highest BCUT2D eigenvalue weighted by atomic mass is 16.5. The van der Waals surface area contributed by atoms with Crippen molar-refractivity contribution in [2.24, 2.45) is 4.99 Å². The fourth-order valence-corrected chi connectivity index (χ4v) is 3.11. The lowest BCUT2D eigenvalue weighted by molar-refractivity contribution is 0.201. The zero-order chi connectivity index (χ0) is 20.0. The van der Waals surface area contributed by atoms with E-state index >= 15 is 0 Å². The molecule has 1 aliphatic carbocycles. The molecule has 7 nitrogen and oxygen atoms in total. The third-order valence-electron chi connectivity index (χ3n) is 4.77. The molecule has 1 fully saturated rings. The first kappa shape index (κ1) is 20.2. The van der Waals surface area contributed by atoms with Gasteiger partial charge in [0.15, 0.2) is 5.96 Å². The fraction of sp³-hybridized carbons (Fsp3) is 0.571. The third-order valence-corrected chi connectivity index (χ3v) is 4.77. The lowest BCUT2D eigenvalue weighted by Crippen LogP contribution is -2.36. The standard InChI is InChI=1S/C21H31N5O2/c1-21(2,3)17-13-24-19(28-17)14-26-20(22-4)25-12-15-9-10-23-18(11-15)27-16-7-5-6-8-16/h9-11,13,16H,5-8,12,14H2,1-4H3,(H2,22,25,26). The van der Waals surface area contributed by atoms with E-state index in [9.17, 15) is 0 Å². The number of oxazole rings is 1. The molecule has 152 valence electrons. The average molecular weight is 386 g/mol. The maximum atomic E-state index is 5.98. The third kappa shape index (κ3) is 5.71. The first-order valence-corrected chi connectivity index (χ1v) is 9.95. The summed E-state index contributed by atoms with van der Waals surface area (Å²) in [6.07, 6.45) is 8.63. The van der Waals surface area contributed by atoms with Crippen molar-refractivity contribution in [3.63, 3.8) is 0 Å². The monoisotopic (exact) mass is 385 g/mol. The van der Waals surface area contributed by atoms with E-state index in [1.165, 1.54) is 12.8 Å². The molecule has 0 aliphatic heterocycles. The van der Waals surface area contributed by atoms with Gasteiger partial charge < -0.3 is 19.8 Å². The topological polar surface area (TPSA) is 84.6 Å².